The molecule has 1 aromatic carbocycles. The fourth-order valence-electron chi connectivity index (χ4n) is 3.00. The van der Waals surface area contributed by atoms with E-state index in [0.717, 1.165) is 0 Å². The van der Waals surface area contributed by atoms with Crippen molar-refractivity contribution in [2.75, 3.05) is 26.2 Å². The first-order valence-corrected chi connectivity index (χ1v) is 9.78. The fourth-order valence-corrected chi connectivity index (χ4v) is 4.58. The summed E-state index contributed by atoms with van der Waals surface area (Å²) in [5.41, 5.74) is -0.455. The van der Waals surface area contributed by atoms with E-state index in [1.807, 2.05) is 0 Å². The Kier molecular flexibility index (Phi) is 5.24. The molecule has 2 heterocycles. The predicted octanol–water partition coefficient (Wildman–Crippen LogP) is 0.885. The average molecular weight is 393 g/mol. The van der Waals surface area contributed by atoms with Crippen LogP contribution in [0.1, 0.15) is 13.0 Å². The summed E-state index contributed by atoms with van der Waals surface area (Å²) in [6, 6.07) is 6.50. The first kappa shape index (κ1) is 19.0. The molecule has 1 unspecified atom stereocenters. The number of hydrogen-bond donors (Lipinski definition) is 0. The largest absolute Gasteiger partial charge is 0.338 e. The van der Waals surface area contributed by atoms with Crippen LogP contribution in [0.2, 0.25) is 0 Å². The predicted molar refractivity (Wildman–Crippen MR) is 95.4 cm³/mol. The Labute approximate surface area is 156 Å². The minimum Gasteiger partial charge on any atom is -0.338 e. The van der Waals surface area contributed by atoms with Gasteiger partial charge in [-0.25, -0.2) is 8.42 Å². The number of benzene rings is 1. The van der Waals surface area contributed by atoms with Gasteiger partial charge in [-0.15, -0.1) is 0 Å². The van der Waals surface area contributed by atoms with Gasteiger partial charge in [-0.3, -0.25) is 19.6 Å². The highest BCUT2D eigenvalue weighted by molar-refractivity contribution is 7.89. The van der Waals surface area contributed by atoms with Crippen LogP contribution in [-0.2, 0) is 14.8 Å². The molecule has 2 aromatic rings. The van der Waals surface area contributed by atoms with Gasteiger partial charge >= 0.3 is 0 Å². The van der Waals surface area contributed by atoms with Gasteiger partial charge in [0.25, 0.3) is 5.69 Å². The third-order valence-corrected chi connectivity index (χ3v) is 6.46. The molecule has 1 atom stereocenters. The van der Waals surface area contributed by atoms with Crippen LogP contribution in [0.4, 0.5) is 5.69 Å². The highest BCUT2D eigenvalue weighted by atomic mass is 32.2. The van der Waals surface area contributed by atoms with Gasteiger partial charge in [-0.1, -0.05) is 12.1 Å². The molecular formula is C16H19N5O5S. The molecule has 1 aromatic heterocycles. The number of hydrogen-bond acceptors (Lipinski definition) is 6. The topological polar surface area (TPSA) is 119 Å². The number of sulfonamides is 1. The SMILES string of the molecule is CC(C(=O)N1CCN(S(=O)(=O)c2ccccc2[N+](=O)[O-])CC1)n1cccn1. The molecule has 0 N–H and O–H groups in total. The van der Waals surface area contributed by atoms with Gasteiger partial charge in [0.2, 0.25) is 15.9 Å². The number of aromatic nitrogens is 2. The fraction of sp³-hybridized carbons (Fsp3) is 0.375. The molecule has 1 aliphatic rings. The molecule has 1 fully saturated rings. The number of rotatable bonds is 5. The van der Waals surface area contributed by atoms with E-state index in [1.54, 1.807) is 35.0 Å². The highest BCUT2D eigenvalue weighted by Gasteiger charge is 2.35. The minimum absolute atomic E-state index is 0.0753. The molecule has 0 bridgehead atoms. The number of carbonyl (C=O) groups excluding carboxylic acids is 1. The lowest BCUT2D eigenvalue weighted by molar-refractivity contribution is -0.387. The second-order valence-electron chi connectivity index (χ2n) is 6.12. The van der Waals surface area contributed by atoms with Crippen molar-refractivity contribution in [1.29, 1.82) is 0 Å². The van der Waals surface area contributed by atoms with Crippen LogP contribution in [0.3, 0.4) is 0 Å². The zero-order chi connectivity index (χ0) is 19.6. The molecule has 11 heteroatoms. The summed E-state index contributed by atoms with van der Waals surface area (Å²) in [4.78, 5) is 24.3. The molecule has 0 aliphatic carbocycles. The molecule has 27 heavy (non-hydrogen) atoms. The lowest BCUT2D eigenvalue weighted by Gasteiger charge is -2.35. The zero-order valence-electron chi connectivity index (χ0n) is 14.6. The number of nitro benzene ring substituents is 1. The molecule has 1 aliphatic heterocycles. The first-order chi connectivity index (χ1) is 12.8. The van der Waals surface area contributed by atoms with Crippen LogP contribution in [-0.4, -0.2) is 64.4 Å². The Bertz CT molecular complexity index is 936. The van der Waals surface area contributed by atoms with Gasteiger partial charge in [0.1, 0.15) is 6.04 Å². The van der Waals surface area contributed by atoms with Gasteiger partial charge in [-0.2, -0.15) is 9.40 Å². The number of piperazine rings is 1. The number of nitrogens with zero attached hydrogens (tertiary/aromatic N) is 5. The number of amides is 1. The van der Waals surface area contributed by atoms with Crippen molar-refractivity contribution in [3.63, 3.8) is 0 Å². The van der Waals surface area contributed by atoms with E-state index in [4.69, 9.17) is 0 Å². The quantitative estimate of drug-likeness (QED) is 0.550. The molecule has 0 radical (unpaired) electrons. The lowest BCUT2D eigenvalue weighted by atomic mass is 10.2. The highest BCUT2D eigenvalue weighted by Crippen LogP contribution is 2.27. The maximum absolute atomic E-state index is 12.8. The van der Waals surface area contributed by atoms with Crippen LogP contribution >= 0.6 is 0 Å². The van der Waals surface area contributed by atoms with Crippen molar-refractivity contribution in [3.8, 4) is 0 Å². The Morgan fingerprint density at radius 1 is 1.19 bits per heavy atom. The minimum atomic E-state index is -4.01. The van der Waals surface area contributed by atoms with Crippen LogP contribution in [0.5, 0.6) is 0 Å². The molecule has 3 rings (SSSR count). The van der Waals surface area contributed by atoms with Gasteiger partial charge < -0.3 is 4.90 Å². The Balaban J connectivity index is 1.72. The third-order valence-electron chi connectivity index (χ3n) is 4.51. The van der Waals surface area contributed by atoms with E-state index < -0.39 is 26.7 Å². The van der Waals surface area contributed by atoms with Crippen molar-refractivity contribution in [2.24, 2.45) is 0 Å². The van der Waals surface area contributed by atoms with Crippen LogP contribution < -0.4 is 0 Å². The van der Waals surface area contributed by atoms with Gasteiger partial charge in [0.05, 0.1) is 4.92 Å². The maximum atomic E-state index is 12.8. The molecule has 10 nitrogen and oxygen atoms in total. The van der Waals surface area contributed by atoms with Crippen molar-refractivity contribution >= 4 is 21.6 Å². The summed E-state index contributed by atoms with van der Waals surface area (Å²) in [7, 11) is -4.01. The molecule has 0 saturated carbocycles. The average Bonchev–Trinajstić information content (AvgIpc) is 3.21. The summed E-state index contributed by atoms with van der Waals surface area (Å²) >= 11 is 0. The van der Waals surface area contributed by atoms with Crippen LogP contribution in [0, 0.1) is 10.1 Å². The van der Waals surface area contributed by atoms with Crippen molar-refractivity contribution < 1.29 is 18.1 Å². The van der Waals surface area contributed by atoms with E-state index in [1.165, 1.54) is 28.6 Å². The summed E-state index contributed by atoms with van der Waals surface area (Å²) in [5.74, 6) is -0.151. The number of nitro groups is 1. The third kappa shape index (κ3) is 3.69. The van der Waals surface area contributed by atoms with Crippen molar-refractivity contribution in [2.45, 2.75) is 17.9 Å². The molecule has 1 amide bonds. The van der Waals surface area contributed by atoms with Crippen molar-refractivity contribution in [1.82, 2.24) is 19.0 Å². The molecule has 1 saturated heterocycles. The monoisotopic (exact) mass is 393 g/mol. The van der Waals surface area contributed by atoms with E-state index in [-0.39, 0.29) is 37.0 Å². The van der Waals surface area contributed by atoms with Crippen LogP contribution in [0.25, 0.3) is 0 Å². The van der Waals surface area contributed by atoms with E-state index in [2.05, 4.69) is 5.10 Å². The van der Waals surface area contributed by atoms with Crippen molar-refractivity contribution in [3.05, 3.63) is 52.8 Å². The van der Waals surface area contributed by atoms with E-state index in [9.17, 15) is 23.3 Å². The first-order valence-electron chi connectivity index (χ1n) is 8.34. The standard InChI is InChI=1S/C16H19N5O5S/c1-13(20-8-4-7-17-20)16(22)18-9-11-19(12-10-18)27(25,26)15-6-3-2-5-14(15)21(23)24/h2-8,13H,9-12H2,1H3. The smallest absolute Gasteiger partial charge is 0.289 e. The Morgan fingerprint density at radius 2 is 1.85 bits per heavy atom. The van der Waals surface area contributed by atoms with Gasteiger partial charge in [0, 0.05) is 44.6 Å². The molecular weight excluding hydrogens is 374 g/mol. The molecule has 0 spiro atoms. The summed E-state index contributed by atoms with van der Waals surface area (Å²) < 4.78 is 28.3. The summed E-state index contributed by atoms with van der Waals surface area (Å²) in [6.45, 7) is 2.30. The second-order valence-corrected chi connectivity index (χ2v) is 8.02. The Morgan fingerprint density at radius 3 is 2.44 bits per heavy atom. The Hall–Kier alpha value is -2.79. The van der Waals surface area contributed by atoms with Gasteiger partial charge in [0.15, 0.2) is 4.90 Å². The molecule has 144 valence electrons. The summed E-state index contributed by atoms with van der Waals surface area (Å²) in [6.07, 6.45) is 3.28. The van der Waals surface area contributed by atoms with E-state index in [0.29, 0.717) is 0 Å². The summed E-state index contributed by atoms with van der Waals surface area (Å²) in [5, 5.41) is 15.2. The van der Waals surface area contributed by atoms with E-state index >= 15 is 0 Å². The number of para-hydroxylation sites is 1. The second kappa shape index (κ2) is 7.45. The van der Waals surface area contributed by atoms with Crippen LogP contribution in [0.15, 0.2) is 47.6 Å². The zero-order valence-corrected chi connectivity index (χ0v) is 15.4. The lowest BCUT2D eigenvalue weighted by Crippen LogP contribution is -2.51. The normalized spacial score (nSPS) is 16.9. The maximum Gasteiger partial charge on any atom is 0.289 e. The number of carbonyl (C=O) groups is 1. The van der Waals surface area contributed by atoms with Gasteiger partial charge in [-0.05, 0) is 19.1 Å².